The van der Waals surface area contributed by atoms with Crippen molar-refractivity contribution in [2.24, 2.45) is 10.5 Å². The van der Waals surface area contributed by atoms with Crippen molar-refractivity contribution in [1.29, 1.82) is 0 Å². The lowest BCUT2D eigenvalue weighted by Crippen LogP contribution is -2.31. The fourth-order valence-corrected chi connectivity index (χ4v) is 2.28. The van der Waals surface area contributed by atoms with Crippen molar-refractivity contribution < 1.29 is 9.59 Å². The van der Waals surface area contributed by atoms with E-state index in [0.717, 1.165) is 12.1 Å². The lowest BCUT2D eigenvalue weighted by Gasteiger charge is -2.28. The summed E-state index contributed by atoms with van der Waals surface area (Å²) < 4.78 is 0. The van der Waals surface area contributed by atoms with E-state index in [4.69, 9.17) is 0 Å². The van der Waals surface area contributed by atoms with Gasteiger partial charge in [0.15, 0.2) is 0 Å². The average Bonchev–Trinajstić information content (AvgIpc) is 2.34. The molecule has 5 nitrogen and oxygen atoms in total. The van der Waals surface area contributed by atoms with Crippen LogP contribution in [0.2, 0.25) is 0 Å². The molecule has 100 valence electrons. The fourth-order valence-electron chi connectivity index (χ4n) is 2.28. The third-order valence-corrected chi connectivity index (χ3v) is 3.02. The Morgan fingerprint density at radius 1 is 1.32 bits per heavy atom. The normalized spacial score (nSPS) is 20.3. The molecule has 0 radical (unpaired) electrons. The molecule has 0 aliphatic heterocycles. The maximum Gasteiger partial charge on any atom is 0.271 e. The molecule has 1 aliphatic rings. The third kappa shape index (κ3) is 3.71. The maximum absolute atomic E-state index is 11.8. The summed E-state index contributed by atoms with van der Waals surface area (Å²) in [6.07, 6.45) is 4.74. The third-order valence-electron chi connectivity index (χ3n) is 3.02. The summed E-state index contributed by atoms with van der Waals surface area (Å²) in [6, 6.07) is 3.23. The van der Waals surface area contributed by atoms with Gasteiger partial charge < -0.3 is 0 Å². The van der Waals surface area contributed by atoms with Crippen LogP contribution in [0.15, 0.2) is 29.6 Å². The SMILES string of the molecule is CC1(C)CC(=O)CC(=NNC(=O)c2ccncc2)C1. The van der Waals surface area contributed by atoms with Crippen LogP contribution in [0.3, 0.4) is 0 Å². The Bertz CT molecular complexity index is 521. The average molecular weight is 259 g/mol. The number of hydrogen-bond acceptors (Lipinski definition) is 4. The zero-order valence-electron chi connectivity index (χ0n) is 11.1. The Morgan fingerprint density at radius 3 is 2.63 bits per heavy atom. The standard InChI is InChI=1S/C14H17N3O2/c1-14(2)8-11(7-12(18)9-14)16-17-13(19)10-3-5-15-6-4-10/h3-6H,7-9H2,1-2H3,(H,17,19). The second-order valence-corrected chi connectivity index (χ2v) is 5.59. The molecule has 1 heterocycles. The summed E-state index contributed by atoms with van der Waals surface area (Å²) in [5, 5.41) is 4.08. The molecule has 1 saturated carbocycles. The van der Waals surface area contributed by atoms with Crippen molar-refractivity contribution in [1.82, 2.24) is 10.4 Å². The van der Waals surface area contributed by atoms with Crippen LogP contribution in [0.1, 0.15) is 43.5 Å². The van der Waals surface area contributed by atoms with E-state index in [1.54, 1.807) is 24.5 Å². The van der Waals surface area contributed by atoms with Crippen molar-refractivity contribution in [2.45, 2.75) is 33.1 Å². The molecule has 5 heteroatoms. The molecule has 1 N–H and O–H groups in total. The second-order valence-electron chi connectivity index (χ2n) is 5.59. The summed E-state index contributed by atoms with van der Waals surface area (Å²) in [6.45, 7) is 4.06. The van der Waals surface area contributed by atoms with Crippen molar-refractivity contribution in [3.8, 4) is 0 Å². The first-order chi connectivity index (χ1) is 8.96. The zero-order valence-corrected chi connectivity index (χ0v) is 11.1. The van der Waals surface area contributed by atoms with E-state index >= 15 is 0 Å². The van der Waals surface area contributed by atoms with Gasteiger partial charge in [-0.25, -0.2) is 5.43 Å². The van der Waals surface area contributed by atoms with Gasteiger partial charge in [-0.15, -0.1) is 0 Å². The van der Waals surface area contributed by atoms with Crippen LogP contribution in [0.25, 0.3) is 0 Å². The van der Waals surface area contributed by atoms with Gasteiger partial charge in [0.1, 0.15) is 5.78 Å². The molecule has 1 fully saturated rings. The van der Waals surface area contributed by atoms with E-state index in [1.165, 1.54) is 0 Å². The van der Waals surface area contributed by atoms with E-state index in [1.807, 2.05) is 13.8 Å². The Kier molecular flexibility index (Phi) is 3.74. The largest absolute Gasteiger partial charge is 0.299 e. The molecule has 0 spiro atoms. The van der Waals surface area contributed by atoms with Crippen LogP contribution in [0.4, 0.5) is 0 Å². The molecule has 0 atom stereocenters. The minimum Gasteiger partial charge on any atom is -0.299 e. The van der Waals surface area contributed by atoms with E-state index in [9.17, 15) is 9.59 Å². The monoisotopic (exact) mass is 259 g/mol. The van der Waals surface area contributed by atoms with Crippen LogP contribution >= 0.6 is 0 Å². The van der Waals surface area contributed by atoms with Crippen LogP contribution in [0.5, 0.6) is 0 Å². The molecule has 1 aliphatic carbocycles. The van der Waals surface area contributed by atoms with Gasteiger partial charge in [-0.1, -0.05) is 13.8 Å². The highest BCUT2D eigenvalue weighted by atomic mass is 16.2. The molecule has 0 bridgehead atoms. The number of Topliss-reactive ketones (excluding diaryl/α,β-unsaturated/α-hetero) is 1. The smallest absolute Gasteiger partial charge is 0.271 e. The highest BCUT2D eigenvalue weighted by Gasteiger charge is 2.30. The second kappa shape index (κ2) is 5.30. The molecule has 0 saturated heterocycles. The summed E-state index contributed by atoms with van der Waals surface area (Å²) in [5.74, 6) is -0.112. The highest BCUT2D eigenvalue weighted by molar-refractivity contribution is 6.05. The first-order valence-corrected chi connectivity index (χ1v) is 6.24. The number of aromatic nitrogens is 1. The Hall–Kier alpha value is -2.04. The van der Waals surface area contributed by atoms with E-state index in [2.05, 4.69) is 15.5 Å². The van der Waals surface area contributed by atoms with Gasteiger partial charge >= 0.3 is 0 Å². The minimum atomic E-state index is -0.286. The number of nitrogens with one attached hydrogen (secondary N) is 1. The summed E-state index contributed by atoms with van der Waals surface area (Å²) in [7, 11) is 0. The van der Waals surface area contributed by atoms with Crippen LogP contribution in [-0.2, 0) is 4.79 Å². The van der Waals surface area contributed by atoms with Gasteiger partial charge in [0.2, 0.25) is 0 Å². The highest BCUT2D eigenvalue weighted by Crippen LogP contribution is 2.31. The molecule has 19 heavy (non-hydrogen) atoms. The molecule has 1 aromatic rings. The van der Waals surface area contributed by atoms with Crippen LogP contribution in [-0.4, -0.2) is 22.4 Å². The maximum atomic E-state index is 11.8. The lowest BCUT2D eigenvalue weighted by molar-refractivity contribution is -0.120. The van der Waals surface area contributed by atoms with Crippen molar-refractivity contribution in [3.63, 3.8) is 0 Å². The number of pyridine rings is 1. The quantitative estimate of drug-likeness (QED) is 0.825. The Morgan fingerprint density at radius 2 is 2.00 bits per heavy atom. The van der Waals surface area contributed by atoms with Gasteiger partial charge in [0.25, 0.3) is 5.91 Å². The molecular weight excluding hydrogens is 242 g/mol. The molecule has 1 amide bonds. The molecular formula is C14H17N3O2. The number of hydrogen-bond donors (Lipinski definition) is 1. The number of amides is 1. The summed E-state index contributed by atoms with van der Waals surface area (Å²) in [4.78, 5) is 27.2. The van der Waals surface area contributed by atoms with Gasteiger partial charge in [-0.3, -0.25) is 14.6 Å². The topological polar surface area (TPSA) is 71.4 Å². The number of hydrazone groups is 1. The molecule has 0 unspecified atom stereocenters. The first kappa shape index (κ1) is 13.4. The van der Waals surface area contributed by atoms with Gasteiger partial charge in [-0.05, 0) is 24.0 Å². The molecule has 0 aromatic carbocycles. The van der Waals surface area contributed by atoms with Gasteiger partial charge in [0.05, 0.1) is 0 Å². The van der Waals surface area contributed by atoms with Gasteiger partial charge in [0, 0.05) is 36.5 Å². The van der Waals surface area contributed by atoms with E-state index in [0.29, 0.717) is 18.4 Å². The zero-order chi connectivity index (χ0) is 13.9. The Balaban J connectivity index is 2.03. The van der Waals surface area contributed by atoms with Crippen molar-refractivity contribution in [2.75, 3.05) is 0 Å². The van der Waals surface area contributed by atoms with Crippen LogP contribution in [0, 0.1) is 5.41 Å². The van der Waals surface area contributed by atoms with E-state index < -0.39 is 0 Å². The minimum absolute atomic E-state index is 0.0738. The summed E-state index contributed by atoms with van der Waals surface area (Å²) >= 11 is 0. The van der Waals surface area contributed by atoms with Crippen molar-refractivity contribution >= 4 is 17.4 Å². The fraction of sp³-hybridized carbons (Fsp3) is 0.429. The molecule has 2 rings (SSSR count). The number of carbonyl (C=O) groups excluding carboxylic acids is 2. The van der Waals surface area contributed by atoms with Crippen LogP contribution < -0.4 is 5.43 Å². The number of ketones is 1. The number of carbonyl (C=O) groups is 2. The predicted octanol–water partition coefficient (Wildman–Crippen LogP) is 1.95. The van der Waals surface area contributed by atoms with Crippen molar-refractivity contribution in [3.05, 3.63) is 30.1 Å². The lowest BCUT2D eigenvalue weighted by atomic mass is 9.76. The van der Waals surface area contributed by atoms with E-state index in [-0.39, 0.29) is 17.1 Å². The molecule has 1 aromatic heterocycles. The number of rotatable bonds is 2. The summed E-state index contributed by atoms with van der Waals surface area (Å²) in [5.41, 5.74) is 3.66. The Labute approximate surface area is 112 Å². The first-order valence-electron chi connectivity index (χ1n) is 6.24. The number of nitrogens with zero attached hydrogens (tertiary/aromatic N) is 2. The predicted molar refractivity (Wildman–Crippen MR) is 71.8 cm³/mol. The van der Waals surface area contributed by atoms with Gasteiger partial charge in [-0.2, -0.15) is 5.10 Å².